The average molecular weight is 282 g/mol. The monoisotopic (exact) mass is 282 g/mol. The number of rotatable bonds is 4. The molecule has 1 aliphatic rings. The second-order valence-corrected chi connectivity index (χ2v) is 6.30. The van der Waals surface area contributed by atoms with E-state index in [1.165, 1.54) is 10.4 Å². The normalized spacial score (nSPS) is 17.6. The highest BCUT2D eigenvalue weighted by Crippen LogP contribution is 2.38. The molecule has 3 N–H and O–H groups in total. The van der Waals surface area contributed by atoms with E-state index in [9.17, 15) is 4.79 Å². The van der Waals surface area contributed by atoms with Gasteiger partial charge in [-0.15, -0.1) is 11.3 Å². The van der Waals surface area contributed by atoms with E-state index in [-0.39, 0.29) is 5.91 Å². The van der Waals surface area contributed by atoms with Crippen LogP contribution in [-0.2, 0) is 11.3 Å². The van der Waals surface area contributed by atoms with Gasteiger partial charge < -0.3 is 11.1 Å². The third kappa shape index (κ3) is 2.42. The van der Waals surface area contributed by atoms with E-state index < -0.39 is 5.41 Å². The Kier molecular flexibility index (Phi) is 4.02. The number of nitrogens with two attached hydrogens (primary N) is 1. The largest absolute Gasteiger partial charge is 0.392 e. The lowest BCUT2D eigenvalue weighted by atomic mass is 9.85. The summed E-state index contributed by atoms with van der Waals surface area (Å²) in [5.41, 5.74) is 6.41. The van der Waals surface area contributed by atoms with Crippen molar-refractivity contribution in [3.63, 3.8) is 0 Å². The lowest BCUT2D eigenvalue weighted by Gasteiger charge is -2.26. The number of hydrogen-bond donors (Lipinski definition) is 2. The van der Waals surface area contributed by atoms with Crippen LogP contribution in [0.25, 0.3) is 0 Å². The topological polar surface area (TPSA) is 55.1 Å². The van der Waals surface area contributed by atoms with Gasteiger partial charge in [0.1, 0.15) is 0 Å². The molecule has 0 saturated heterocycles. The maximum atomic E-state index is 12.3. The van der Waals surface area contributed by atoms with Crippen LogP contribution in [0.1, 0.15) is 36.1 Å². The first-order valence-corrected chi connectivity index (χ1v) is 7.46. The van der Waals surface area contributed by atoms with Crippen molar-refractivity contribution in [3.05, 3.63) is 21.9 Å². The SMILES string of the molecule is Cc1ccsc1CNC(=O)C1(C(N)=S)CCCC1. The molecule has 0 bridgehead atoms. The standard InChI is InChI=1S/C13H18N2OS2/c1-9-4-7-18-10(9)8-15-12(16)13(11(14)17)5-2-3-6-13/h4,7H,2-3,5-6,8H2,1H3,(H2,14,17)(H,15,16). The van der Waals surface area contributed by atoms with Crippen molar-refractivity contribution in [2.45, 2.75) is 39.2 Å². The third-order valence-electron chi connectivity index (χ3n) is 3.74. The summed E-state index contributed by atoms with van der Waals surface area (Å²) < 4.78 is 0. The van der Waals surface area contributed by atoms with Crippen LogP contribution in [0.15, 0.2) is 11.4 Å². The van der Waals surface area contributed by atoms with Gasteiger partial charge >= 0.3 is 0 Å². The summed E-state index contributed by atoms with van der Waals surface area (Å²) in [5, 5.41) is 5.03. The summed E-state index contributed by atoms with van der Waals surface area (Å²) in [5.74, 6) is 0.000278. The minimum Gasteiger partial charge on any atom is -0.392 e. The van der Waals surface area contributed by atoms with Crippen LogP contribution in [-0.4, -0.2) is 10.9 Å². The van der Waals surface area contributed by atoms with Gasteiger partial charge in [0.2, 0.25) is 5.91 Å². The van der Waals surface area contributed by atoms with Crippen LogP contribution in [0.3, 0.4) is 0 Å². The Labute approximate surface area is 117 Å². The highest BCUT2D eigenvalue weighted by atomic mass is 32.1. The van der Waals surface area contributed by atoms with E-state index in [4.69, 9.17) is 18.0 Å². The number of carbonyl (C=O) groups excluding carboxylic acids is 1. The minimum absolute atomic E-state index is 0.000278. The maximum Gasteiger partial charge on any atom is 0.233 e. The predicted octanol–water partition coefficient (Wildman–Crippen LogP) is 2.52. The van der Waals surface area contributed by atoms with Crippen LogP contribution in [0.2, 0.25) is 0 Å². The molecule has 2 rings (SSSR count). The molecule has 1 aromatic heterocycles. The number of carbonyl (C=O) groups is 1. The molecule has 0 radical (unpaired) electrons. The first-order valence-electron chi connectivity index (χ1n) is 6.17. The van der Waals surface area contributed by atoms with E-state index >= 15 is 0 Å². The Hall–Kier alpha value is -0.940. The lowest BCUT2D eigenvalue weighted by Crippen LogP contribution is -2.46. The molecule has 1 heterocycles. The van der Waals surface area contributed by atoms with Crippen molar-refractivity contribution in [1.82, 2.24) is 5.32 Å². The van der Waals surface area contributed by atoms with Crippen molar-refractivity contribution in [2.24, 2.45) is 11.1 Å². The first kappa shape index (κ1) is 13.5. The molecular formula is C13H18N2OS2. The highest BCUT2D eigenvalue weighted by molar-refractivity contribution is 7.80. The molecule has 98 valence electrons. The summed E-state index contributed by atoms with van der Waals surface area (Å²) >= 11 is 6.77. The molecule has 3 nitrogen and oxygen atoms in total. The van der Waals surface area contributed by atoms with E-state index in [2.05, 4.69) is 18.3 Å². The van der Waals surface area contributed by atoms with E-state index in [0.717, 1.165) is 25.7 Å². The summed E-state index contributed by atoms with van der Waals surface area (Å²) in [4.78, 5) is 13.9. The van der Waals surface area contributed by atoms with Crippen LogP contribution < -0.4 is 11.1 Å². The number of thiocarbonyl (C=S) groups is 1. The van der Waals surface area contributed by atoms with Gasteiger partial charge in [0, 0.05) is 4.88 Å². The molecule has 0 unspecified atom stereocenters. The highest BCUT2D eigenvalue weighted by Gasteiger charge is 2.43. The van der Waals surface area contributed by atoms with Crippen LogP contribution >= 0.6 is 23.6 Å². The molecule has 1 amide bonds. The van der Waals surface area contributed by atoms with Gasteiger partial charge in [-0.05, 0) is 36.8 Å². The van der Waals surface area contributed by atoms with Crippen molar-refractivity contribution >= 4 is 34.5 Å². The van der Waals surface area contributed by atoms with Crippen molar-refractivity contribution < 1.29 is 4.79 Å². The number of aryl methyl sites for hydroxylation is 1. The Bertz CT molecular complexity index is 461. The smallest absolute Gasteiger partial charge is 0.233 e. The van der Waals surface area contributed by atoms with Crippen molar-refractivity contribution in [2.75, 3.05) is 0 Å². The zero-order valence-corrected chi connectivity index (χ0v) is 12.1. The van der Waals surface area contributed by atoms with Crippen LogP contribution in [0, 0.1) is 12.3 Å². The summed E-state index contributed by atoms with van der Waals surface area (Å²) in [6, 6.07) is 2.06. The summed E-state index contributed by atoms with van der Waals surface area (Å²) in [6.45, 7) is 2.63. The third-order valence-corrected chi connectivity index (χ3v) is 5.15. The fourth-order valence-corrected chi connectivity index (χ4v) is 3.62. The quantitative estimate of drug-likeness (QED) is 0.834. The lowest BCUT2D eigenvalue weighted by molar-refractivity contribution is -0.127. The molecule has 5 heteroatoms. The molecule has 18 heavy (non-hydrogen) atoms. The molecular weight excluding hydrogens is 264 g/mol. The van der Waals surface area contributed by atoms with Gasteiger partial charge in [-0.1, -0.05) is 25.1 Å². The Morgan fingerprint density at radius 2 is 2.22 bits per heavy atom. The van der Waals surface area contributed by atoms with Gasteiger partial charge in [-0.3, -0.25) is 4.79 Å². The Morgan fingerprint density at radius 3 is 2.72 bits per heavy atom. The summed E-state index contributed by atoms with van der Waals surface area (Å²) in [6.07, 6.45) is 3.64. The molecule has 1 aromatic rings. The van der Waals surface area contributed by atoms with Crippen molar-refractivity contribution in [1.29, 1.82) is 0 Å². The van der Waals surface area contributed by atoms with Gasteiger partial charge in [0.15, 0.2) is 0 Å². The molecule has 1 aliphatic carbocycles. The number of nitrogens with one attached hydrogen (secondary N) is 1. The molecule has 0 atom stereocenters. The van der Waals surface area contributed by atoms with Crippen molar-refractivity contribution in [3.8, 4) is 0 Å². The molecule has 0 aliphatic heterocycles. The van der Waals surface area contributed by atoms with Crippen LogP contribution in [0.5, 0.6) is 0 Å². The minimum atomic E-state index is -0.597. The first-order chi connectivity index (χ1) is 8.56. The molecule has 0 aromatic carbocycles. The van der Waals surface area contributed by atoms with Crippen LogP contribution in [0.4, 0.5) is 0 Å². The number of hydrogen-bond acceptors (Lipinski definition) is 3. The molecule has 1 fully saturated rings. The average Bonchev–Trinajstić information content (AvgIpc) is 2.95. The fourth-order valence-electron chi connectivity index (χ4n) is 2.48. The fraction of sp³-hybridized carbons (Fsp3) is 0.538. The second-order valence-electron chi connectivity index (χ2n) is 4.86. The van der Waals surface area contributed by atoms with Gasteiger partial charge in [0.05, 0.1) is 16.9 Å². The zero-order chi connectivity index (χ0) is 13.2. The second kappa shape index (κ2) is 5.36. The van der Waals surface area contributed by atoms with E-state index in [1.807, 2.05) is 5.38 Å². The number of thiophene rings is 1. The maximum absolute atomic E-state index is 12.3. The van der Waals surface area contributed by atoms with E-state index in [1.54, 1.807) is 11.3 Å². The van der Waals surface area contributed by atoms with Gasteiger partial charge in [-0.2, -0.15) is 0 Å². The Balaban J connectivity index is 2.03. The molecule has 0 spiro atoms. The number of amides is 1. The predicted molar refractivity (Wildman–Crippen MR) is 78.6 cm³/mol. The zero-order valence-electron chi connectivity index (χ0n) is 10.5. The summed E-state index contributed by atoms with van der Waals surface area (Å²) in [7, 11) is 0. The van der Waals surface area contributed by atoms with Gasteiger partial charge in [-0.25, -0.2) is 0 Å². The molecule has 1 saturated carbocycles. The van der Waals surface area contributed by atoms with Gasteiger partial charge in [0.25, 0.3) is 0 Å². The van der Waals surface area contributed by atoms with E-state index in [0.29, 0.717) is 11.5 Å². The Morgan fingerprint density at radius 1 is 1.56 bits per heavy atom.